The molecule has 0 aromatic heterocycles. The first-order valence-corrected chi connectivity index (χ1v) is 9.67. The molecule has 0 fully saturated rings. The molecule has 10 heteroatoms. The number of carbonyl (C=O) groups is 1. The second-order valence-electron chi connectivity index (χ2n) is 5.67. The number of amides is 1. The summed E-state index contributed by atoms with van der Waals surface area (Å²) in [7, 11) is -2.70. The van der Waals surface area contributed by atoms with E-state index < -0.39 is 28.3 Å². The van der Waals surface area contributed by atoms with Gasteiger partial charge in [0, 0.05) is 7.05 Å². The summed E-state index contributed by atoms with van der Waals surface area (Å²) in [6.07, 6.45) is 1.33. The molecule has 28 heavy (non-hydrogen) atoms. The van der Waals surface area contributed by atoms with Crippen molar-refractivity contribution in [2.24, 2.45) is 5.10 Å². The molecule has 0 aliphatic rings. The van der Waals surface area contributed by atoms with Gasteiger partial charge in [0.15, 0.2) is 11.5 Å². The first-order valence-electron chi connectivity index (χ1n) is 8.23. The maximum absolute atomic E-state index is 12.9. The predicted octanol–water partition coefficient (Wildman–Crippen LogP) is 1.70. The van der Waals surface area contributed by atoms with Crippen molar-refractivity contribution in [3.8, 4) is 11.5 Å². The third-order valence-corrected chi connectivity index (χ3v) is 5.39. The lowest BCUT2D eigenvalue weighted by atomic mass is 10.2. The van der Waals surface area contributed by atoms with Gasteiger partial charge >= 0.3 is 0 Å². The quantitative estimate of drug-likeness (QED) is 0.510. The van der Waals surface area contributed by atoms with Crippen LogP contribution in [-0.2, 0) is 14.8 Å². The number of hydrogen-bond donors (Lipinski definition) is 2. The number of carbonyl (C=O) groups excluding carboxylic acids is 1. The number of halogens is 1. The molecular weight excluding hydrogens is 389 g/mol. The number of benzene rings is 2. The van der Waals surface area contributed by atoms with Gasteiger partial charge in [-0.2, -0.15) is 9.41 Å². The molecule has 1 amide bonds. The molecule has 0 saturated heterocycles. The molecule has 2 aromatic rings. The molecule has 150 valence electrons. The highest BCUT2D eigenvalue weighted by Crippen LogP contribution is 2.26. The summed E-state index contributed by atoms with van der Waals surface area (Å²) in [6, 6.07) is 8.84. The fourth-order valence-electron chi connectivity index (χ4n) is 2.17. The summed E-state index contributed by atoms with van der Waals surface area (Å²) in [4.78, 5) is 11.8. The van der Waals surface area contributed by atoms with Crippen molar-refractivity contribution in [2.45, 2.75) is 11.8 Å². The lowest BCUT2D eigenvalue weighted by molar-refractivity contribution is -0.121. The molecule has 0 bridgehead atoms. The topological polar surface area (TPSA) is 108 Å². The Hall–Kier alpha value is -2.98. The van der Waals surface area contributed by atoms with E-state index in [9.17, 15) is 22.7 Å². The largest absolute Gasteiger partial charge is 0.504 e. The number of hydrogen-bond acceptors (Lipinski definition) is 6. The van der Waals surface area contributed by atoms with Gasteiger partial charge in [-0.25, -0.2) is 18.2 Å². The first kappa shape index (κ1) is 21.3. The second-order valence-corrected chi connectivity index (χ2v) is 7.71. The Balaban J connectivity index is 1.97. The van der Waals surface area contributed by atoms with E-state index in [0.29, 0.717) is 12.2 Å². The molecular formula is C18H20FN3O5S. The molecule has 0 aliphatic heterocycles. The average Bonchev–Trinajstić information content (AvgIpc) is 2.64. The van der Waals surface area contributed by atoms with Gasteiger partial charge < -0.3 is 9.84 Å². The van der Waals surface area contributed by atoms with Gasteiger partial charge in [0.05, 0.1) is 24.3 Å². The lowest BCUT2D eigenvalue weighted by Crippen LogP contribution is -2.36. The summed E-state index contributed by atoms with van der Waals surface area (Å²) in [5.41, 5.74) is 2.79. The average molecular weight is 409 g/mol. The number of phenols is 1. The summed E-state index contributed by atoms with van der Waals surface area (Å²) < 4.78 is 43.7. The van der Waals surface area contributed by atoms with E-state index >= 15 is 0 Å². The highest BCUT2D eigenvalue weighted by Gasteiger charge is 2.22. The van der Waals surface area contributed by atoms with Crippen LogP contribution in [0.1, 0.15) is 12.5 Å². The highest BCUT2D eigenvalue weighted by atomic mass is 32.2. The Bertz CT molecular complexity index is 962. The van der Waals surface area contributed by atoms with Crippen molar-refractivity contribution in [1.29, 1.82) is 0 Å². The summed E-state index contributed by atoms with van der Waals surface area (Å²) >= 11 is 0. The van der Waals surface area contributed by atoms with E-state index in [1.54, 1.807) is 19.1 Å². The number of nitrogens with one attached hydrogen (secondary N) is 1. The number of hydrazone groups is 1. The smallest absolute Gasteiger partial charge is 0.255 e. The van der Waals surface area contributed by atoms with Crippen molar-refractivity contribution in [2.75, 3.05) is 20.2 Å². The Morgan fingerprint density at radius 2 is 1.96 bits per heavy atom. The minimum Gasteiger partial charge on any atom is -0.504 e. The van der Waals surface area contributed by atoms with E-state index in [0.717, 1.165) is 28.6 Å². The maximum Gasteiger partial charge on any atom is 0.255 e. The van der Waals surface area contributed by atoms with E-state index in [1.807, 2.05) is 0 Å². The summed E-state index contributed by atoms with van der Waals surface area (Å²) in [6.45, 7) is 1.67. The van der Waals surface area contributed by atoms with E-state index in [2.05, 4.69) is 10.5 Å². The van der Waals surface area contributed by atoms with Gasteiger partial charge in [0.25, 0.3) is 5.91 Å². The molecule has 0 unspecified atom stereocenters. The normalized spacial score (nSPS) is 11.7. The first-order chi connectivity index (χ1) is 13.2. The molecule has 0 atom stereocenters. The van der Waals surface area contributed by atoms with Crippen LogP contribution in [0.4, 0.5) is 4.39 Å². The molecule has 2 N–H and O–H groups in total. The molecule has 0 aliphatic carbocycles. The number of sulfonamides is 1. The molecule has 0 saturated carbocycles. The fourth-order valence-corrected chi connectivity index (χ4v) is 3.30. The minimum atomic E-state index is -3.94. The van der Waals surface area contributed by atoms with E-state index in [1.165, 1.54) is 19.3 Å². The van der Waals surface area contributed by atoms with Crippen LogP contribution in [0.15, 0.2) is 52.5 Å². The Labute approximate surface area is 162 Å². The SMILES string of the molecule is CCOc1cc(/C=N\NC(=O)CN(C)S(=O)(=O)c2ccc(F)cc2)ccc1O. The summed E-state index contributed by atoms with van der Waals surface area (Å²) in [5.74, 6) is -0.956. The molecule has 0 heterocycles. The van der Waals surface area contributed by atoms with Crippen molar-refractivity contribution in [1.82, 2.24) is 9.73 Å². The van der Waals surface area contributed by atoms with Crippen molar-refractivity contribution < 1.29 is 27.4 Å². The number of rotatable bonds is 8. The Morgan fingerprint density at radius 3 is 2.61 bits per heavy atom. The monoisotopic (exact) mass is 409 g/mol. The minimum absolute atomic E-state index is 0.0179. The Kier molecular flexibility index (Phi) is 7.07. The van der Waals surface area contributed by atoms with Gasteiger partial charge in [-0.05, 0) is 55.0 Å². The zero-order chi connectivity index (χ0) is 20.7. The Morgan fingerprint density at radius 1 is 1.29 bits per heavy atom. The van der Waals surface area contributed by atoms with Crippen LogP contribution >= 0.6 is 0 Å². The van der Waals surface area contributed by atoms with Crippen molar-refractivity contribution in [3.05, 3.63) is 53.8 Å². The van der Waals surface area contributed by atoms with Crippen LogP contribution in [0.5, 0.6) is 11.5 Å². The van der Waals surface area contributed by atoms with Crippen LogP contribution in [0.2, 0.25) is 0 Å². The van der Waals surface area contributed by atoms with Gasteiger partial charge in [0.2, 0.25) is 10.0 Å². The van der Waals surface area contributed by atoms with Crippen LogP contribution in [0.3, 0.4) is 0 Å². The zero-order valence-corrected chi connectivity index (χ0v) is 16.1. The molecule has 2 aromatic carbocycles. The number of ether oxygens (including phenoxy) is 1. The third-order valence-electron chi connectivity index (χ3n) is 3.57. The van der Waals surface area contributed by atoms with Gasteiger partial charge in [-0.3, -0.25) is 4.79 Å². The summed E-state index contributed by atoms with van der Waals surface area (Å²) in [5, 5.41) is 13.4. The predicted molar refractivity (Wildman–Crippen MR) is 101 cm³/mol. The standard InChI is InChI=1S/C18H20FN3O5S/c1-3-27-17-10-13(4-9-16(17)23)11-20-21-18(24)12-22(2)28(25,26)15-7-5-14(19)6-8-15/h4-11,23H,3,12H2,1-2H3,(H,21,24)/b20-11-. The number of nitrogens with zero attached hydrogens (tertiary/aromatic N) is 2. The van der Waals surface area contributed by atoms with Gasteiger partial charge in [-0.1, -0.05) is 0 Å². The van der Waals surface area contributed by atoms with Crippen LogP contribution < -0.4 is 10.2 Å². The lowest BCUT2D eigenvalue weighted by Gasteiger charge is -2.16. The maximum atomic E-state index is 12.9. The van der Waals surface area contributed by atoms with Crippen molar-refractivity contribution >= 4 is 22.1 Å². The van der Waals surface area contributed by atoms with Crippen molar-refractivity contribution in [3.63, 3.8) is 0 Å². The molecule has 8 nitrogen and oxygen atoms in total. The number of likely N-dealkylation sites (N-methyl/N-ethyl adjacent to an activating group) is 1. The number of phenolic OH excluding ortho intramolecular Hbond substituents is 1. The molecule has 2 rings (SSSR count). The second kappa shape index (κ2) is 9.29. The van der Waals surface area contributed by atoms with Crippen LogP contribution in [0, 0.1) is 5.82 Å². The van der Waals surface area contributed by atoms with Gasteiger partial charge in [0.1, 0.15) is 5.82 Å². The van der Waals surface area contributed by atoms with Crippen LogP contribution in [0.25, 0.3) is 0 Å². The van der Waals surface area contributed by atoms with Gasteiger partial charge in [-0.15, -0.1) is 0 Å². The van der Waals surface area contributed by atoms with E-state index in [-0.39, 0.29) is 16.4 Å². The molecule has 0 radical (unpaired) electrons. The zero-order valence-electron chi connectivity index (χ0n) is 15.3. The van der Waals surface area contributed by atoms with Crippen LogP contribution in [-0.4, -0.2) is 50.2 Å². The molecule has 0 spiro atoms. The van der Waals surface area contributed by atoms with E-state index in [4.69, 9.17) is 4.74 Å². The third kappa shape index (κ3) is 5.51. The number of aromatic hydroxyl groups is 1. The fraction of sp³-hybridized carbons (Fsp3) is 0.222. The highest BCUT2D eigenvalue weighted by molar-refractivity contribution is 7.89.